The van der Waals surface area contributed by atoms with Crippen LogP contribution in [-0.4, -0.2) is 13.2 Å². The van der Waals surface area contributed by atoms with E-state index in [1.807, 2.05) is 36.5 Å². The Morgan fingerprint density at radius 2 is 1.87 bits per heavy atom. The zero-order valence-corrected chi connectivity index (χ0v) is 9.06. The summed E-state index contributed by atoms with van der Waals surface area (Å²) in [4.78, 5) is 0. The van der Waals surface area contributed by atoms with Gasteiger partial charge in [-0.05, 0) is 25.5 Å². The molecule has 2 heteroatoms. The lowest BCUT2D eigenvalue weighted by atomic mass is 10.3. The summed E-state index contributed by atoms with van der Waals surface area (Å²) in [7, 11) is 0. The first-order chi connectivity index (χ1) is 7.43. The molecule has 0 bridgehead atoms. The number of allylic oxidation sites excluding steroid dienone is 7. The van der Waals surface area contributed by atoms with Crippen LogP contribution >= 0.6 is 0 Å². The van der Waals surface area contributed by atoms with E-state index in [1.165, 1.54) is 0 Å². The first kappa shape index (κ1) is 11.8. The van der Waals surface area contributed by atoms with E-state index in [4.69, 9.17) is 10.5 Å². The van der Waals surface area contributed by atoms with E-state index < -0.39 is 0 Å². The molecular weight excluding hydrogens is 186 g/mol. The number of hydrogen-bond acceptors (Lipinski definition) is 2. The Bertz CT molecular complexity index is 274. The molecule has 0 radical (unpaired) electrons. The summed E-state index contributed by atoms with van der Waals surface area (Å²) in [6.07, 6.45) is 17.1. The van der Waals surface area contributed by atoms with Gasteiger partial charge >= 0.3 is 0 Å². The molecule has 2 N–H and O–H groups in total. The van der Waals surface area contributed by atoms with Crippen LogP contribution in [0.1, 0.15) is 19.3 Å². The zero-order valence-electron chi connectivity index (χ0n) is 9.06. The topological polar surface area (TPSA) is 35.2 Å². The van der Waals surface area contributed by atoms with Crippen LogP contribution in [0.15, 0.2) is 48.3 Å². The predicted octanol–water partition coefficient (Wildman–Crippen LogP) is 2.70. The highest BCUT2D eigenvalue weighted by Crippen LogP contribution is 2.08. The molecule has 1 aliphatic rings. The van der Waals surface area contributed by atoms with Crippen molar-refractivity contribution in [1.29, 1.82) is 0 Å². The third-order valence-corrected chi connectivity index (χ3v) is 2.07. The van der Waals surface area contributed by atoms with Crippen LogP contribution in [0.3, 0.4) is 0 Å². The van der Waals surface area contributed by atoms with Crippen molar-refractivity contribution in [3.63, 3.8) is 0 Å². The monoisotopic (exact) mass is 205 g/mol. The number of rotatable bonds is 5. The molecule has 0 heterocycles. The van der Waals surface area contributed by atoms with E-state index in [2.05, 4.69) is 6.08 Å². The van der Waals surface area contributed by atoms with Gasteiger partial charge < -0.3 is 10.5 Å². The van der Waals surface area contributed by atoms with Crippen molar-refractivity contribution >= 4 is 0 Å². The number of nitrogens with two attached hydrogens (primary N) is 1. The van der Waals surface area contributed by atoms with E-state index in [-0.39, 0.29) is 0 Å². The lowest BCUT2D eigenvalue weighted by Gasteiger charge is -2.07. The fraction of sp³-hybridized carbons (Fsp3) is 0.385. The molecule has 15 heavy (non-hydrogen) atoms. The maximum absolute atomic E-state index is 5.65. The van der Waals surface area contributed by atoms with Gasteiger partial charge in [0.15, 0.2) is 0 Å². The van der Waals surface area contributed by atoms with Crippen molar-refractivity contribution in [3.8, 4) is 0 Å². The van der Waals surface area contributed by atoms with Gasteiger partial charge in [-0.3, -0.25) is 0 Å². The fourth-order valence-electron chi connectivity index (χ4n) is 1.24. The van der Waals surface area contributed by atoms with Crippen LogP contribution < -0.4 is 5.73 Å². The van der Waals surface area contributed by atoms with Crippen LogP contribution in [0.5, 0.6) is 0 Å². The molecule has 0 aliphatic heterocycles. The zero-order chi connectivity index (χ0) is 10.8. The van der Waals surface area contributed by atoms with E-state index in [0.717, 1.165) is 38.2 Å². The van der Waals surface area contributed by atoms with Gasteiger partial charge in [-0.15, -0.1) is 0 Å². The summed E-state index contributed by atoms with van der Waals surface area (Å²) in [5.41, 5.74) is 5.41. The Morgan fingerprint density at radius 1 is 1.07 bits per heavy atom. The summed E-state index contributed by atoms with van der Waals surface area (Å²) in [6, 6.07) is 0. The quantitative estimate of drug-likeness (QED) is 0.700. The Hall–Kier alpha value is -1.28. The van der Waals surface area contributed by atoms with Crippen molar-refractivity contribution in [1.82, 2.24) is 0 Å². The normalized spacial score (nSPS) is 25.3. The van der Waals surface area contributed by atoms with Crippen molar-refractivity contribution in [3.05, 3.63) is 48.3 Å². The van der Waals surface area contributed by atoms with Crippen LogP contribution in [0.25, 0.3) is 0 Å². The number of unbranched alkanes of at least 4 members (excludes halogenated alkanes) is 1. The summed E-state index contributed by atoms with van der Waals surface area (Å²) in [6.45, 7) is 1.50. The molecule has 0 saturated heterocycles. The van der Waals surface area contributed by atoms with Gasteiger partial charge in [-0.25, -0.2) is 0 Å². The second-order valence-corrected chi connectivity index (χ2v) is 3.38. The lowest BCUT2D eigenvalue weighted by molar-refractivity contribution is 0.202. The van der Waals surface area contributed by atoms with Crippen molar-refractivity contribution in [2.24, 2.45) is 5.73 Å². The van der Waals surface area contributed by atoms with Crippen molar-refractivity contribution in [2.75, 3.05) is 13.2 Å². The largest absolute Gasteiger partial charge is 0.498 e. The molecule has 0 aromatic carbocycles. The van der Waals surface area contributed by atoms with Gasteiger partial charge in [0.25, 0.3) is 0 Å². The molecule has 0 fully saturated rings. The minimum Gasteiger partial charge on any atom is -0.498 e. The summed E-state index contributed by atoms with van der Waals surface area (Å²) in [5, 5.41) is 0. The molecule has 1 rings (SSSR count). The Labute approximate surface area is 91.8 Å². The molecule has 82 valence electrons. The first-order valence-electron chi connectivity index (χ1n) is 5.45. The van der Waals surface area contributed by atoms with Crippen LogP contribution in [0.2, 0.25) is 0 Å². The van der Waals surface area contributed by atoms with Crippen LogP contribution in [0, 0.1) is 0 Å². The molecule has 0 unspecified atom stereocenters. The minimum absolute atomic E-state index is 0.742. The Morgan fingerprint density at radius 3 is 2.73 bits per heavy atom. The van der Waals surface area contributed by atoms with E-state index in [1.54, 1.807) is 0 Å². The minimum atomic E-state index is 0.742. The highest BCUT2D eigenvalue weighted by Gasteiger charge is 1.95. The average Bonchev–Trinajstić information content (AvgIpc) is 2.38. The molecule has 1 aliphatic carbocycles. The van der Waals surface area contributed by atoms with E-state index >= 15 is 0 Å². The molecule has 0 amide bonds. The van der Waals surface area contributed by atoms with Crippen molar-refractivity contribution < 1.29 is 4.74 Å². The Balaban J connectivity index is 2.32. The third kappa shape index (κ3) is 5.92. The van der Waals surface area contributed by atoms with Crippen LogP contribution in [0.4, 0.5) is 0 Å². The lowest BCUT2D eigenvalue weighted by Crippen LogP contribution is -2.01. The molecule has 2 nitrogen and oxygen atoms in total. The van der Waals surface area contributed by atoms with Gasteiger partial charge in [-0.2, -0.15) is 0 Å². The number of ether oxygens (including phenoxy) is 1. The highest BCUT2D eigenvalue weighted by atomic mass is 16.5. The predicted molar refractivity (Wildman–Crippen MR) is 64.4 cm³/mol. The molecule has 0 aromatic heterocycles. The summed E-state index contributed by atoms with van der Waals surface area (Å²) in [5.74, 6) is 1.02. The highest BCUT2D eigenvalue weighted by molar-refractivity contribution is 5.20. The SMILES string of the molecule is NCCCCO/C1=C/C=C\C=C/C=C\C1. The van der Waals surface area contributed by atoms with E-state index in [0.29, 0.717) is 0 Å². The van der Waals surface area contributed by atoms with Gasteiger partial charge in [0.05, 0.1) is 12.4 Å². The fourth-order valence-corrected chi connectivity index (χ4v) is 1.24. The second kappa shape index (κ2) is 8.06. The first-order valence-corrected chi connectivity index (χ1v) is 5.45. The molecule has 0 spiro atoms. The molecule has 0 atom stereocenters. The standard InChI is InChI=1S/C13H19NO/c14-11-7-8-12-15-13-9-5-3-1-2-4-6-10-13/h1-6,9H,7-8,10-12,14H2/b2-1-,5-3-,6-4-,13-9+. The van der Waals surface area contributed by atoms with Gasteiger partial charge in [0, 0.05) is 6.42 Å². The Kier molecular flexibility index (Phi) is 6.34. The summed E-state index contributed by atoms with van der Waals surface area (Å²) < 4.78 is 5.65. The van der Waals surface area contributed by atoms with Gasteiger partial charge in [-0.1, -0.05) is 36.5 Å². The van der Waals surface area contributed by atoms with Gasteiger partial charge in [0.2, 0.25) is 0 Å². The maximum atomic E-state index is 5.65. The second-order valence-electron chi connectivity index (χ2n) is 3.38. The third-order valence-electron chi connectivity index (χ3n) is 2.07. The molecular formula is C13H19NO. The van der Waals surface area contributed by atoms with Crippen LogP contribution in [-0.2, 0) is 4.74 Å². The molecule has 0 saturated carbocycles. The van der Waals surface area contributed by atoms with Gasteiger partial charge in [0.1, 0.15) is 0 Å². The van der Waals surface area contributed by atoms with E-state index in [9.17, 15) is 0 Å². The smallest absolute Gasteiger partial charge is 0.0997 e. The van der Waals surface area contributed by atoms with Crippen molar-refractivity contribution in [2.45, 2.75) is 19.3 Å². The number of hydrogen-bond donors (Lipinski definition) is 1. The summed E-state index contributed by atoms with van der Waals surface area (Å²) >= 11 is 0. The molecule has 0 aromatic rings. The average molecular weight is 205 g/mol. The maximum Gasteiger partial charge on any atom is 0.0997 e.